The number of rotatable bonds is 14. The standard InChI is InChI=1S/C22H41N/c1-8-11-12-13-15-21(14-9-2)19(4)18-23-20(5)17-22(6,7)16-10-3/h18,21H,4-5,8-17H2,1-3,6-7H3. The summed E-state index contributed by atoms with van der Waals surface area (Å²) < 4.78 is 0. The molecule has 1 nitrogen and oxygen atoms in total. The highest BCUT2D eigenvalue weighted by molar-refractivity contribution is 5.79. The van der Waals surface area contributed by atoms with Gasteiger partial charge in [-0.3, -0.25) is 4.99 Å². The fraction of sp³-hybridized carbons (Fsp3) is 0.773. The van der Waals surface area contributed by atoms with Gasteiger partial charge in [-0.05, 0) is 42.6 Å². The largest absolute Gasteiger partial charge is 0.262 e. The van der Waals surface area contributed by atoms with Crippen molar-refractivity contribution in [3.8, 4) is 0 Å². The van der Waals surface area contributed by atoms with Gasteiger partial charge < -0.3 is 0 Å². The first-order valence-corrected chi connectivity index (χ1v) is 9.76. The van der Waals surface area contributed by atoms with Crippen molar-refractivity contribution in [1.29, 1.82) is 0 Å². The average Bonchev–Trinajstić information content (AvgIpc) is 2.47. The summed E-state index contributed by atoms with van der Waals surface area (Å²) in [6, 6.07) is 0. The van der Waals surface area contributed by atoms with E-state index in [0.717, 1.165) is 12.1 Å². The van der Waals surface area contributed by atoms with Crippen LogP contribution >= 0.6 is 0 Å². The zero-order chi connectivity index (χ0) is 17.7. The van der Waals surface area contributed by atoms with Crippen LogP contribution < -0.4 is 0 Å². The van der Waals surface area contributed by atoms with Crippen molar-refractivity contribution in [2.24, 2.45) is 16.3 Å². The van der Waals surface area contributed by atoms with Crippen molar-refractivity contribution in [1.82, 2.24) is 0 Å². The first kappa shape index (κ1) is 22.1. The second-order valence-electron chi connectivity index (χ2n) is 7.83. The molecule has 0 heterocycles. The van der Waals surface area contributed by atoms with Gasteiger partial charge in [-0.2, -0.15) is 0 Å². The number of allylic oxidation sites excluding steroid dienone is 2. The van der Waals surface area contributed by atoms with Crippen molar-refractivity contribution in [2.45, 2.75) is 98.8 Å². The molecular formula is C22H41N. The maximum Gasteiger partial charge on any atom is 0.0337 e. The predicted octanol–water partition coefficient (Wildman–Crippen LogP) is 7.73. The van der Waals surface area contributed by atoms with Crippen LogP contribution in [0.2, 0.25) is 0 Å². The lowest BCUT2D eigenvalue weighted by Gasteiger charge is -2.23. The molecule has 1 atom stereocenters. The van der Waals surface area contributed by atoms with Gasteiger partial charge in [0.15, 0.2) is 0 Å². The van der Waals surface area contributed by atoms with Gasteiger partial charge in [0.2, 0.25) is 0 Å². The number of unbranched alkanes of at least 4 members (excludes halogenated alkanes) is 3. The fourth-order valence-corrected chi connectivity index (χ4v) is 3.32. The average molecular weight is 320 g/mol. The molecule has 23 heavy (non-hydrogen) atoms. The van der Waals surface area contributed by atoms with Crippen LogP contribution in [-0.4, -0.2) is 6.21 Å². The monoisotopic (exact) mass is 319 g/mol. The lowest BCUT2D eigenvalue weighted by Crippen LogP contribution is -2.11. The Morgan fingerprint density at radius 1 is 0.957 bits per heavy atom. The molecule has 0 aliphatic heterocycles. The lowest BCUT2D eigenvalue weighted by atomic mass is 9.83. The minimum absolute atomic E-state index is 0.299. The summed E-state index contributed by atoms with van der Waals surface area (Å²) >= 11 is 0. The Balaban J connectivity index is 4.44. The number of hydrogen-bond donors (Lipinski definition) is 0. The van der Waals surface area contributed by atoms with Crippen molar-refractivity contribution in [3.63, 3.8) is 0 Å². The zero-order valence-electron chi connectivity index (χ0n) is 16.6. The van der Waals surface area contributed by atoms with E-state index in [2.05, 4.69) is 52.8 Å². The van der Waals surface area contributed by atoms with Crippen molar-refractivity contribution < 1.29 is 0 Å². The van der Waals surface area contributed by atoms with E-state index in [4.69, 9.17) is 0 Å². The minimum Gasteiger partial charge on any atom is -0.262 e. The second kappa shape index (κ2) is 12.6. The molecular weight excluding hydrogens is 278 g/mol. The summed E-state index contributed by atoms with van der Waals surface area (Å²) in [5, 5.41) is 0. The molecule has 0 rings (SSSR count). The SMILES string of the molecule is C=C(CC(C)(C)CCC)N=CC(=C)C(CCC)CCCCCC. The van der Waals surface area contributed by atoms with E-state index in [1.54, 1.807) is 0 Å². The van der Waals surface area contributed by atoms with Crippen LogP contribution in [0.25, 0.3) is 0 Å². The second-order valence-corrected chi connectivity index (χ2v) is 7.83. The molecule has 1 unspecified atom stereocenters. The maximum atomic E-state index is 4.62. The Morgan fingerprint density at radius 2 is 1.65 bits per heavy atom. The first-order chi connectivity index (χ1) is 10.9. The molecule has 0 bridgehead atoms. The van der Waals surface area contributed by atoms with Crippen LogP contribution in [0.4, 0.5) is 0 Å². The lowest BCUT2D eigenvalue weighted by molar-refractivity contribution is 0.327. The van der Waals surface area contributed by atoms with E-state index in [1.165, 1.54) is 63.4 Å². The van der Waals surface area contributed by atoms with Gasteiger partial charge >= 0.3 is 0 Å². The number of nitrogens with zero attached hydrogens (tertiary/aromatic N) is 1. The molecule has 0 saturated carbocycles. The van der Waals surface area contributed by atoms with E-state index >= 15 is 0 Å². The molecule has 0 amide bonds. The molecule has 134 valence electrons. The molecule has 0 fully saturated rings. The number of hydrogen-bond acceptors (Lipinski definition) is 1. The molecule has 0 spiro atoms. The summed E-state index contributed by atoms with van der Waals surface area (Å²) in [4.78, 5) is 4.62. The molecule has 0 aromatic rings. The van der Waals surface area contributed by atoms with E-state index in [0.29, 0.717) is 11.3 Å². The summed E-state index contributed by atoms with van der Waals surface area (Å²) in [5.74, 6) is 0.594. The molecule has 0 aliphatic carbocycles. The fourth-order valence-electron chi connectivity index (χ4n) is 3.32. The van der Waals surface area contributed by atoms with Crippen LogP contribution in [0.5, 0.6) is 0 Å². The first-order valence-electron chi connectivity index (χ1n) is 9.76. The molecule has 0 saturated heterocycles. The third kappa shape index (κ3) is 11.3. The van der Waals surface area contributed by atoms with Crippen LogP contribution in [0, 0.1) is 11.3 Å². The van der Waals surface area contributed by atoms with Gasteiger partial charge in [-0.15, -0.1) is 0 Å². The summed E-state index contributed by atoms with van der Waals surface area (Å²) in [7, 11) is 0. The van der Waals surface area contributed by atoms with Crippen molar-refractivity contribution in [3.05, 3.63) is 24.4 Å². The van der Waals surface area contributed by atoms with Crippen LogP contribution in [0.1, 0.15) is 98.8 Å². The Morgan fingerprint density at radius 3 is 2.22 bits per heavy atom. The molecule has 0 N–H and O–H groups in total. The normalized spacial score (nSPS) is 13.4. The Hall–Kier alpha value is -0.850. The molecule has 1 heteroatoms. The summed E-state index contributed by atoms with van der Waals surface area (Å²) in [5.41, 5.74) is 2.48. The zero-order valence-corrected chi connectivity index (χ0v) is 16.6. The van der Waals surface area contributed by atoms with Crippen LogP contribution in [-0.2, 0) is 0 Å². The van der Waals surface area contributed by atoms with Gasteiger partial charge in [-0.25, -0.2) is 0 Å². The Labute approximate surface area is 146 Å². The van der Waals surface area contributed by atoms with Gasteiger partial charge in [0.25, 0.3) is 0 Å². The smallest absolute Gasteiger partial charge is 0.0337 e. The van der Waals surface area contributed by atoms with E-state index in [9.17, 15) is 0 Å². The van der Waals surface area contributed by atoms with Gasteiger partial charge in [0.05, 0.1) is 0 Å². The topological polar surface area (TPSA) is 12.4 Å². The maximum absolute atomic E-state index is 4.62. The molecule has 0 aromatic heterocycles. The molecule has 0 radical (unpaired) electrons. The van der Waals surface area contributed by atoms with Gasteiger partial charge in [0.1, 0.15) is 0 Å². The Bertz CT molecular complexity index is 362. The quantitative estimate of drug-likeness (QED) is 0.229. The number of aliphatic imine (C=N–C) groups is 1. The Kier molecular flexibility index (Phi) is 12.1. The van der Waals surface area contributed by atoms with Crippen LogP contribution in [0.3, 0.4) is 0 Å². The van der Waals surface area contributed by atoms with Crippen molar-refractivity contribution >= 4 is 6.21 Å². The van der Waals surface area contributed by atoms with E-state index in [-0.39, 0.29) is 0 Å². The minimum atomic E-state index is 0.299. The summed E-state index contributed by atoms with van der Waals surface area (Å²) in [6.45, 7) is 19.8. The third-order valence-electron chi connectivity index (χ3n) is 4.59. The van der Waals surface area contributed by atoms with E-state index in [1.807, 2.05) is 6.21 Å². The highest BCUT2D eigenvalue weighted by Crippen LogP contribution is 2.30. The van der Waals surface area contributed by atoms with Crippen molar-refractivity contribution in [2.75, 3.05) is 0 Å². The van der Waals surface area contributed by atoms with E-state index < -0.39 is 0 Å². The van der Waals surface area contributed by atoms with Crippen LogP contribution in [0.15, 0.2) is 29.4 Å². The third-order valence-corrected chi connectivity index (χ3v) is 4.59. The highest BCUT2D eigenvalue weighted by Gasteiger charge is 2.17. The molecule has 0 aliphatic rings. The van der Waals surface area contributed by atoms with Gasteiger partial charge in [0, 0.05) is 11.9 Å². The molecule has 0 aromatic carbocycles. The van der Waals surface area contributed by atoms with Gasteiger partial charge in [-0.1, -0.05) is 86.3 Å². The highest BCUT2D eigenvalue weighted by atomic mass is 14.7. The summed E-state index contributed by atoms with van der Waals surface area (Å²) in [6.07, 6.45) is 14.4. The predicted molar refractivity (Wildman–Crippen MR) is 107 cm³/mol.